The van der Waals surface area contributed by atoms with Gasteiger partial charge >= 0.3 is 0 Å². The second-order valence-electron chi connectivity index (χ2n) is 6.66. The van der Waals surface area contributed by atoms with Crippen molar-refractivity contribution < 1.29 is 22.9 Å². The predicted molar refractivity (Wildman–Crippen MR) is 115 cm³/mol. The lowest BCUT2D eigenvalue weighted by molar-refractivity contribution is -0.384. The number of non-ortho nitro benzene ring substituents is 1. The van der Waals surface area contributed by atoms with Crippen molar-refractivity contribution in [3.63, 3.8) is 0 Å². The van der Waals surface area contributed by atoms with Crippen molar-refractivity contribution in [3.05, 3.63) is 58.1 Å². The molecule has 1 amide bonds. The van der Waals surface area contributed by atoms with Gasteiger partial charge in [-0.05, 0) is 30.3 Å². The zero-order chi connectivity index (χ0) is 22.4. The van der Waals surface area contributed by atoms with Crippen molar-refractivity contribution in [2.45, 2.75) is 11.8 Å². The standard InChI is InChI=1S/C19H21N5O6S/c1-14(25)21-16-2-5-18(6-3-16)31(28,29)22-20-13-15-12-17(24(26)27)4-7-19(15)23-8-10-30-11-9-23/h2-7,12-13,22H,8-11H2,1H3,(H,21,25)/b20-13+. The fraction of sp³-hybridized carbons (Fsp3) is 0.263. The third-order valence-corrected chi connectivity index (χ3v) is 5.67. The molecule has 0 saturated carbocycles. The minimum absolute atomic E-state index is 0.0498. The van der Waals surface area contributed by atoms with Crippen molar-refractivity contribution in [2.24, 2.45) is 5.10 Å². The third-order valence-electron chi connectivity index (χ3n) is 4.44. The van der Waals surface area contributed by atoms with Gasteiger partial charge in [0.15, 0.2) is 0 Å². The lowest BCUT2D eigenvalue weighted by Gasteiger charge is -2.29. The number of nitrogens with zero attached hydrogens (tertiary/aromatic N) is 3. The van der Waals surface area contributed by atoms with Gasteiger partial charge in [-0.15, -0.1) is 0 Å². The Labute approximate surface area is 178 Å². The molecule has 0 spiro atoms. The van der Waals surface area contributed by atoms with Gasteiger partial charge in [0.2, 0.25) is 5.91 Å². The topological polar surface area (TPSA) is 143 Å². The number of ether oxygens (including phenoxy) is 1. The van der Waals surface area contributed by atoms with Crippen LogP contribution in [0, 0.1) is 10.1 Å². The average molecular weight is 447 g/mol. The smallest absolute Gasteiger partial charge is 0.276 e. The SMILES string of the molecule is CC(=O)Nc1ccc(S(=O)(=O)N/N=C/c2cc([N+](=O)[O-])ccc2N2CCOCC2)cc1. The maximum Gasteiger partial charge on any atom is 0.276 e. The molecule has 1 aliphatic rings. The van der Waals surface area contributed by atoms with Crippen LogP contribution in [0.2, 0.25) is 0 Å². The Balaban J connectivity index is 1.80. The van der Waals surface area contributed by atoms with Gasteiger partial charge in [0.25, 0.3) is 15.7 Å². The van der Waals surface area contributed by atoms with Gasteiger partial charge in [-0.25, -0.2) is 4.83 Å². The number of carbonyl (C=O) groups excluding carboxylic acids is 1. The summed E-state index contributed by atoms with van der Waals surface area (Å²) in [4.78, 5) is 25.7. The Hall–Kier alpha value is -3.51. The number of anilines is 2. The van der Waals surface area contributed by atoms with E-state index in [2.05, 4.69) is 15.2 Å². The third kappa shape index (κ3) is 5.77. The molecular weight excluding hydrogens is 426 g/mol. The highest BCUT2D eigenvalue weighted by atomic mass is 32.2. The van der Waals surface area contributed by atoms with Gasteiger partial charge in [0, 0.05) is 49.1 Å². The van der Waals surface area contributed by atoms with E-state index in [0.717, 1.165) is 0 Å². The number of benzene rings is 2. The molecule has 0 bridgehead atoms. The molecule has 0 aromatic heterocycles. The number of hydrogen-bond acceptors (Lipinski definition) is 8. The molecule has 1 aliphatic heterocycles. The first kappa shape index (κ1) is 22.2. The zero-order valence-corrected chi connectivity index (χ0v) is 17.5. The van der Waals surface area contributed by atoms with Crippen LogP contribution in [0.3, 0.4) is 0 Å². The molecule has 0 radical (unpaired) electrons. The highest BCUT2D eigenvalue weighted by Gasteiger charge is 2.18. The summed E-state index contributed by atoms with van der Waals surface area (Å²) in [6, 6.07) is 9.91. The molecule has 1 heterocycles. The summed E-state index contributed by atoms with van der Waals surface area (Å²) in [5, 5.41) is 17.5. The second kappa shape index (κ2) is 9.53. The zero-order valence-electron chi connectivity index (χ0n) is 16.6. The Bertz CT molecular complexity index is 1100. The summed E-state index contributed by atoms with van der Waals surface area (Å²) in [6.07, 6.45) is 1.24. The van der Waals surface area contributed by atoms with Crippen molar-refractivity contribution in [1.29, 1.82) is 0 Å². The second-order valence-corrected chi connectivity index (χ2v) is 8.32. The van der Waals surface area contributed by atoms with Gasteiger partial charge in [0.1, 0.15) is 0 Å². The first-order valence-corrected chi connectivity index (χ1v) is 10.8. The Morgan fingerprint density at radius 1 is 1.19 bits per heavy atom. The molecule has 11 nitrogen and oxygen atoms in total. The molecule has 0 unspecified atom stereocenters. The molecule has 0 atom stereocenters. The predicted octanol–water partition coefficient (Wildman–Crippen LogP) is 1.70. The lowest BCUT2D eigenvalue weighted by atomic mass is 10.1. The van der Waals surface area contributed by atoms with E-state index in [1.54, 1.807) is 6.07 Å². The lowest BCUT2D eigenvalue weighted by Crippen LogP contribution is -2.36. The number of hydrogen-bond donors (Lipinski definition) is 2. The number of amides is 1. The van der Waals surface area contributed by atoms with Crippen LogP contribution in [0.25, 0.3) is 0 Å². The van der Waals surface area contributed by atoms with Crippen LogP contribution in [-0.2, 0) is 19.6 Å². The van der Waals surface area contributed by atoms with Crippen LogP contribution in [0.5, 0.6) is 0 Å². The van der Waals surface area contributed by atoms with Gasteiger partial charge in [-0.3, -0.25) is 14.9 Å². The highest BCUT2D eigenvalue weighted by molar-refractivity contribution is 7.89. The monoisotopic (exact) mass is 447 g/mol. The van der Waals surface area contributed by atoms with Gasteiger partial charge in [-0.2, -0.15) is 13.5 Å². The van der Waals surface area contributed by atoms with Gasteiger partial charge in [-0.1, -0.05) is 0 Å². The van der Waals surface area contributed by atoms with Crippen LogP contribution in [-0.4, -0.2) is 51.8 Å². The summed E-state index contributed by atoms with van der Waals surface area (Å²) in [5.41, 5.74) is 1.42. The number of hydrazone groups is 1. The number of carbonyl (C=O) groups is 1. The average Bonchev–Trinajstić information content (AvgIpc) is 2.74. The van der Waals surface area contributed by atoms with E-state index in [4.69, 9.17) is 4.74 Å². The summed E-state index contributed by atoms with van der Waals surface area (Å²) < 4.78 is 30.3. The molecule has 2 N–H and O–H groups in total. The molecular formula is C19H21N5O6S. The molecule has 2 aromatic rings. The summed E-state index contributed by atoms with van der Waals surface area (Å²) >= 11 is 0. The summed E-state index contributed by atoms with van der Waals surface area (Å²) in [6.45, 7) is 3.60. The molecule has 3 rings (SSSR count). The molecule has 164 valence electrons. The minimum Gasteiger partial charge on any atom is -0.378 e. The van der Waals surface area contributed by atoms with E-state index in [0.29, 0.717) is 43.2 Å². The number of nitro groups is 1. The number of sulfonamides is 1. The van der Waals surface area contributed by atoms with Crippen molar-refractivity contribution in [3.8, 4) is 0 Å². The van der Waals surface area contributed by atoms with Crippen LogP contribution in [0.4, 0.5) is 17.1 Å². The van der Waals surface area contributed by atoms with Crippen LogP contribution in [0.1, 0.15) is 12.5 Å². The van der Waals surface area contributed by atoms with Gasteiger partial charge < -0.3 is 15.0 Å². The molecule has 0 aliphatic carbocycles. The largest absolute Gasteiger partial charge is 0.378 e. The van der Waals surface area contributed by atoms with E-state index in [9.17, 15) is 23.3 Å². The van der Waals surface area contributed by atoms with E-state index < -0.39 is 14.9 Å². The fourth-order valence-corrected chi connectivity index (χ4v) is 3.78. The maximum atomic E-state index is 12.5. The van der Waals surface area contributed by atoms with Crippen molar-refractivity contribution in [2.75, 3.05) is 36.5 Å². The first-order chi connectivity index (χ1) is 14.8. The van der Waals surface area contributed by atoms with Crippen molar-refractivity contribution in [1.82, 2.24) is 4.83 Å². The number of morpholine rings is 1. The van der Waals surface area contributed by atoms with E-state index in [1.165, 1.54) is 49.5 Å². The van der Waals surface area contributed by atoms with Gasteiger partial charge in [0.05, 0.1) is 29.2 Å². The fourth-order valence-electron chi connectivity index (χ4n) is 2.99. The molecule has 31 heavy (non-hydrogen) atoms. The van der Waals surface area contributed by atoms with E-state index in [1.807, 2.05) is 4.90 Å². The van der Waals surface area contributed by atoms with Crippen LogP contribution in [0.15, 0.2) is 52.5 Å². The minimum atomic E-state index is -3.97. The molecule has 1 fully saturated rings. The number of nitrogens with one attached hydrogen (secondary N) is 2. The quantitative estimate of drug-likeness (QED) is 0.373. The van der Waals surface area contributed by atoms with Crippen molar-refractivity contribution >= 4 is 39.2 Å². The number of rotatable bonds is 7. The highest BCUT2D eigenvalue weighted by Crippen LogP contribution is 2.25. The molecule has 12 heteroatoms. The van der Waals surface area contributed by atoms with E-state index >= 15 is 0 Å². The summed E-state index contributed by atoms with van der Waals surface area (Å²) in [7, 11) is -3.97. The Kier molecular flexibility index (Phi) is 6.82. The molecule has 1 saturated heterocycles. The first-order valence-electron chi connectivity index (χ1n) is 9.30. The van der Waals surface area contributed by atoms with E-state index in [-0.39, 0.29) is 16.5 Å². The Morgan fingerprint density at radius 3 is 2.48 bits per heavy atom. The normalized spacial score (nSPS) is 14.4. The Morgan fingerprint density at radius 2 is 1.87 bits per heavy atom. The number of nitro benzene ring substituents is 1. The maximum absolute atomic E-state index is 12.5. The molecule has 2 aromatic carbocycles. The summed E-state index contributed by atoms with van der Waals surface area (Å²) in [5.74, 6) is -0.272. The van der Waals surface area contributed by atoms with Crippen LogP contribution >= 0.6 is 0 Å². The van der Waals surface area contributed by atoms with Crippen LogP contribution < -0.4 is 15.0 Å².